The summed E-state index contributed by atoms with van der Waals surface area (Å²) in [5.74, 6) is 0.341. The van der Waals surface area contributed by atoms with E-state index >= 15 is 0 Å². The summed E-state index contributed by atoms with van der Waals surface area (Å²) in [6.07, 6.45) is -2.60. The van der Waals surface area contributed by atoms with Crippen molar-refractivity contribution >= 4 is 11.9 Å². The Balaban J connectivity index is 1.27. The molecule has 0 aliphatic carbocycles. The number of carbonyl (C=O) groups is 2. The number of furan rings is 1. The molecule has 5 aromatic rings. The maximum absolute atomic E-state index is 13.8. The highest BCUT2D eigenvalue weighted by atomic mass is 19.4. The van der Waals surface area contributed by atoms with Crippen molar-refractivity contribution in [2.45, 2.75) is 73.0 Å². The molecule has 0 N–H and O–H groups in total. The van der Waals surface area contributed by atoms with E-state index in [1.807, 2.05) is 70.5 Å². The quantitative estimate of drug-likeness (QED) is 0.143. The molecule has 2 aromatic carbocycles. The summed E-state index contributed by atoms with van der Waals surface area (Å²) in [5, 5.41) is 8.64. The molecular formula is C36H38F3N5O4. The van der Waals surface area contributed by atoms with Gasteiger partial charge in [-0.25, -0.2) is 9.48 Å². The van der Waals surface area contributed by atoms with Crippen LogP contribution in [0.4, 0.5) is 13.2 Å². The average molecular weight is 662 g/mol. The third-order valence-corrected chi connectivity index (χ3v) is 7.85. The number of hydrogen-bond donors (Lipinski definition) is 0. The molecule has 0 atom stereocenters. The van der Waals surface area contributed by atoms with Crippen LogP contribution < -0.4 is 0 Å². The van der Waals surface area contributed by atoms with Gasteiger partial charge in [0.25, 0.3) is 5.91 Å². The molecule has 0 unspecified atom stereocenters. The van der Waals surface area contributed by atoms with Crippen LogP contribution in [-0.4, -0.2) is 48.5 Å². The molecule has 3 aromatic heterocycles. The molecule has 48 heavy (non-hydrogen) atoms. The normalized spacial score (nSPS) is 11.9. The summed E-state index contributed by atoms with van der Waals surface area (Å²) >= 11 is 0. The minimum absolute atomic E-state index is 0.179. The number of aromatic nitrogens is 4. The molecule has 0 aliphatic rings. The molecule has 3 heterocycles. The first-order chi connectivity index (χ1) is 22.6. The highest BCUT2D eigenvalue weighted by Gasteiger charge is 2.30. The van der Waals surface area contributed by atoms with E-state index in [2.05, 4.69) is 10.3 Å². The Hall–Kier alpha value is -5.13. The number of halogens is 3. The molecule has 0 spiro atoms. The molecule has 0 saturated heterocycles. The summed E-state index contributed by atoms with van der Waals surface area (Å²) in [5.41, 5.74) is 3.29. The Kier molecular flexibility index (Phi) is 9.65. The van der Waals surface area contributed by atoms with Crippen LogP contribution in [0.15, 0.2) is 77.3 Å². The Labute approximate surface area is 276 Å². The number of ether oxygens (including phenoxy) is 1. The zero-order valence-corrected chi connectivity index (χ0v) is 27.8. The van der Waals surface area contributed by atoms with E-state index in [1.165, 1.54) is 12.1 Å². The van der Waals surface area contributed by atoms with Crippen LogP contribution in [0.25, 0.3) is 11.3 Å². The lowest BCUT2D eigenvalue weighted by Gasteiger charge is -2.21. The van der Waals surface area contributed by atoms with Gasteiger partial charge in [0, 0.05) is 29.1 Å². The molecule has 1 amide bonds. The first-order valence-corrected chi connectivity index (χ1v) is 15.6. The number of carbonyl (C=O) groups excluding carboxylic acids is 2. The van der Waals surface area contributed by atoms with Crippen LogP contribution in [0.5, 0.6) is 0 Å². The van der Waals surface area contributed by atoms with Crippen molar-refractivity contribution in [3.05, 3.63) is 118 Å². The summed E-state index contributed by atoms with van der Waals surface area (Å²) in [4.78, 5) is 28.1. The Bertz CT molecular complexity index is 1910. The lowest BCUT2D eigenvalue weighted by Crippen LogP contribution is -2.31. The van der Waals surface area contributed by atoms with E-state index in [9.17, 15) is 22.8 Å². The molecule has 12 heteroatoms. The summed E-state index contributed by atoms with van der Waals surface area (Å²) in [7, 11) is 0. The van der Waals surface area contributed by atoms with E-state index in [0.29, 0.717) is 53.5 Å². The fraction of sp³-hybridized carbons (Fsp3) is 0.333. The maximum Gasteiger partial charge on any atom is 0.416 e. The summed E-state index contributed by atoms with van der Waals surface area (Å²) < 4.78 is 54.0. The second-order valence-corrected chi connectivity index (χ2v) is 12.6. The second kappa shape index (κ2) is 13.5. The Morgan fingerprint density at radius 1 is 0.938 bits per heavy atom. The minimum atomic E-state index is -4.42. The molecule has 0 radical (unpaired) electrons. The van der Waals surface area contributed by atoms with Crippen LogP contribution in [0.1, 0.15) is 82.4 Å². The lowest BCUT2D eigenvalue weighted by molar-refractivity contribution is -0.137. The molecular weight excluding hydrogens is 623 g/mol. The predicted molar refractivity (Wildman–Crippen MR) is 173 cm³/mol. The van der Waals surface area contributed by atoms with Gasteiger partial charge in [-0.2, -0.15) is 13.2 Å². The fourth-order valence-corrected chi connectivity index (χ4v) is 5.40. The van der Waals surface area contributed by atoms with E-state index in [-0.39, 0.29) is 18.4 Å². The van der Waals surface area contributed by atoms with E-state index in [1.54, 1.807) is 33.8 Å². The van der Waals surface area contributed by atoms with Crippen molar-refractivity contribution in [3.8, 4) is 11.3 Å². The van der Waals surface area contributed by atoms with Crippen molar-refractivity contribution in [2.24, 2.45) is 0 Å². The summed E-state index contributed by atoms with van der Waals surface area (Å²) in [6.45, 7) is 12.4. The van der Waals surface area contributed by atoms with Crippen molar-refractivity contribution in [2.75, 3.05) is 6.54 Å². The van der Waals surface area contributed by atoms with Gasteiger partial charge in [-0.3, -0.25) is 4.79 Å². The predicted octanol–water partition coefficient (Wildman–Crippen LogP) is 7.69. The van der Waals surface area contributed by atoms with Crippen LogP contribution in [-0.2, 0) is 30.5 Å². The third-order valence-electron chi connectivity index (χ3n) is 7.85. The van der Waals surface area contributed by atoms with Crippen molar-refractivity contribution < 1.29 is 31.9 Å². The first-order valence-electron chi connectivity index (χ1n) is 15.6. The number of esters is 1. The topological polar surface area (TPSA) is 95.4 Å². The molecule has 252 valence electrons. The van der Waals surface area contributed by atoms with Gasteiger partial charge in [0.1, 0.15) is 22.8 Å². The van der Waals surface area contributed by atoms with Gasteiger partial charge in [-0.05, 0) is 83.5 Å². The molecule has 5 rings (SSSR count). The van der Waals surface area contributed by atoms with Gasteiger partial charge in [0.2, 0.25) is 0 Å². The van der Waals surface area contributed by atoms with Gasteiger partial charge in [0.05, 0.1) is 37.0 Å². The van der Waals surface area contributed by atoms with Crippen LogP contribution >= 0.6 is 0 Å². The number of amides is 1. The van der Waals surface area contributed by atoms with Crippen LogP contribution in [0.3, 0.4) is 0 Å². The number of benzene rings is 2. The van der Waals surface area contributed by atoms with Crippen molar-refractivity contribution in [3.63, 3.8) is 0 Å². The fourth-order valence-electron chi connectivity index (χ4n) is 5.40. The smallest absolute Gasteiger partial charge is 0.416 e. The highest BCUT2D eigenvalue weighted by molar-refractivity contribution is 5.95. The molecule has 9 nitrogen and oxygen atoms in total. The van der Waals surface area contributed by atoms with Crippen molar-refractivity contribution in [1.29, 1.82) is 0 Å². The largest absolute Gasteiger partial charge is 0.459 e. The Morgan fingerprint density at radius 2 is 1.65 bits per heavy atom. The molecule has 0 saturated carbocycles. The van der Waals surface area contributed by atoms with Gasteiger partial charge in [-0.1, -0.05) is 35.5 Å². The summed E-state index contributed by atoms with van der Waals surface area (Å²) in [6, 6.07) is 17.2. The van der Waals surface area contributed by atoms with Gasteiger partial charge < -0.3 is 18.6 Å². The highest BCUT2D eigenvalue weighted by Crippen LogP contribution is 2.32. The SMILES string of the molecule is CCN(Cc1ccc(-c2ccc(C(F)(F)F)cc2)o1)C(=O)c1ccccc1Cn1cc(Cn2c(C)cc(C(=O)OC(C)(C)C)c2C)nn1. The minimum Gasteiger partial charge on any atom is -0.459 e. The monoisotopic (exact) mass is 661 g/mol. The van der Waals surface area contributed by atoms with Gasteiger partial charge in [0.15, 0.2) is 0 Å². The Morgan fingerprint density at radius 3 is 2.31 bits per heavy atom. The van der Waals surface area contributed by atoms with E-state index in [0.717, 1.165) is 29.1 Å². The standard InChI is InChI=1S/C36H38F3N5O4/c1-7-42(22-29-16-17-32(47-29)25-12-14-27(15-13-25)36(37,38)39)33(45)30-11-9-8-10-26(30)19-43-20-28(40-41-43)21-44-23(2)18-31(24(44)3)34(46)48-35(4,5)6/h8-18,20H,7,19,21-22H2,1-6H3. The van der Waals surface area contributed by atoms with E-state index in [4.69, 9.17) is 9.15 Å². The number of aryl methyl sites for hydroxylation is 1. The third kappa shape index (κ3) is 7.87. The second-order valence-electron chi connectivity index (χ2n) is 12.6. The average Bonchev–Trinajstić information content (AvgIpc) is 3.75. The van der Waals surface area contributed by atoms with Crippen LogP contribution in [0, 0.1) is 13.8 Å². The number of nitrogens with zero attached hydrogens (tertiary/aromatic N) is 5. The zero-order valence-electron chi connectivity index (χ0n) is 27.8. The number of rotatable bonds is 10. The van der Waals surface area contributed by atoms with Gasteiger partial charge in [-0.15, -0.1) is 5.10 Å². The maximum atomic E-state index is 13.8. The van der Waals surface area contributed by atoms with Gasteiger partial charge >= 0.3 is 12.1 Å². The number of hydrogen-bond acceptors (Lipinski definition) is 6. The molecule has 0 fully saturated rings. The molecule has 0 aliphatic heterocycles. The van der Waals surface area contributed by atoms with E-state index < -0.39 is 17.3 Å². The number of alkyl halides is 3. The van der Waals surface area contributed by atoms with Crippen LogP contribution in [0.2, 0.25) is 0 Å². The zero-order chi connectivity index (χ0) is 34.8. The lowest BCUT2D eigenvalue weighted by atomic mass is 10.1. The van der Waals surface area contributed by atoms with Crippen molar-refractivity contribution in [1.82, 2.24) is 24.5 Å². The first kappa shape index (κ1) is 34.2. The molecule has 0 bridgehead atoms.